The van der Waals surface area contributed by atoms with Gasteiger partial charge in [-0.2, -0.15) is 0 Å². The molecular formula is C40H34O2P2. The summed E-state index contributed by atoms with van der Waals surface area (Å²) in [6, 6.07) is 56.8. The molecule has 6 aromatic carbocycles. The monoisotopic (exact) mass is 608 g/mol. The third-order valence-corrected chi connectivity index (χ3v) is 13.1. The molecule has 2 nitrogen and oxygen atoms in total. The summed E-state index contributed by atoms with van der Waals surface area (Å²) in [5, 5.41) is 7.76. The summed E-state index contributed by atoms with van der Waals surface area (Å²) < 4.78 is 13.6. The lowest BCUT2D eigenvalue weighted by molar-refractivity contribution is 0.0763. The van der Waals surface area contributed by atoms with Crippen LogP contribution < -0.4 is 41.3 Å². The molecule has 0 bridgehead atoms. The van der Waals surface area contributed by atoms with E-state index in [-0.39, 0.29) is 12.2 Å². The topological polar surface area (TPSA) is 18.5 Å². The number of fused-ring (bicyclic) bond motifs is 3. The molecule has 2 atom stereocenters. The molecule has 2 unspecified atom stereocenters. The molecule has 1 heterocycles. The van der Waals surface area contributed by atoms with Crippen molar-refractivity contribution in [2.45, 2.75) is 26.1 Å². The standard InChI is InChI=1S/C40H34O2P2/c1-29-30(2)42-36-26-16-28-38(44(33-21-11-5-12-22-33)34-23-13-6-14-24-34)40(36)39-35(41-29)25-15-27-37(39)43(31-17-7-3-8-18-31)32-19-9-4-10-20-32/h3-30H,1-2H3. The highest BCUT2D eigenvalue weighted by atomic mass is 31.1. The van der Waals surface area contributed by atoms with E-state index in [0.717, 1.165) is 22.6 Å². The fraction of sp³-hybridized carbons (Fsp3) is 0.100. The van der Waals surface area contributed by atoms with Gasteiger partial charge in [0.05, 0.1) is 0 Å². The smallest absolute Gasteiger partial charge is 0.132 e. The van der Waals surface area contributed by atoms with Crippen LogP contribution in [0.25, 0.3) is 11.1 Å². The maximum atomic E-state index is 6.81. The summed E-state index contributed by atoms with van der Waals surface area (Å²) in [5.41, 5.74) is 2.27. The second kappa shape index (κ2) is 12.8. The Balaban J connectivity index is 1.56. The van der Waals surface area contributed by atoms with Gasteiger partial charge in [-0.05, 0) is 73.7 Å². The normalized spacial score (nSPS) is 15.8. The molecule has 7 rings (SSSR count). The Bertz CT molecular complexity index is 1630. The molecule has 0 aliphatic carbocycles. The van der Waals surface area contributed by atoms with Crippen LogP contribution in [0.3, 0.4) is 0 Å². The molecular weight excluding hydrogens is 574 g/mol. The van der Waals surface area contributed by atoms with E-state index in [2.05, 4.69) is 172 Å². The summed E-state index contributed by atoms with van der Waals surface area (Å²) in [6.45, 7) is 4.21. The van der Waals surface area contributed by atoms with Crippen molar-refractivity contribution in [3.05, 3.63) is 158 Å². The summed E-state index contributed by atoms with van der Waals surface area (Å²) >= 11 is 0. The van der Waals surface area contributed by atoms with Crippen molar-refractivity contribution in [2.75, 3.05) is 0 Å². The SMILES string of the molecule is CC1Oc2cccc(P(c3ccccc3)c3ccccc3)c2-c2c(cccc2P(c2ccccc2)c2ccccc2)OC1C. The molecule has 0 N–H and O–H groups in total. The first-order chi connectivity index (χ1) is 21.7. The molecule has 0 radical (unpaired) electrons. The minimum absolute atomic E-state index is 0.120. The predicted molar refractivity (Wildman–Crippen MR) is 189 cm³/mol. The predicted octanol–water partition coefficient (Wildman–Crippen LogP) is 7.42. The third kappa shape index (κ3) is 5.57. The Morgan fingerprint density at radius 1 is 0.364 bits per heavy atom. The van der Waals surface area contributed by atoms with E-state index in [1.165, 1.54) is 31.8 Å². The van der Waals surface area contributed by atoms with Gasteiger partial charge in [-0.3, -0.25) is 0 Å². The minimum atomic E-state index is -0.899. The molecule has 0 fully saturated rings. The fourth-order valence-electron chi connectivity index (χ4n) is 5.87. The van der Waals surface area contributed by atoms with Crippen LogP contribution in [-0.4, -0.2) is 12.2 Å². The van der Waals surface area contributed by atoms with Crippen LogP contribution in [0, 0.1) is 0 Å². The second-order valence-corrected chi connectivity index (χ2v) is 15.3. The highest BCUT2D eigenvalue weighted by Gasteiger charge is 2.32. The Kier molecular flexibility index (Phi) is 8.30. The van der Waals surface area contributed by atoms with Crippen molar-refractivity contribution in [1.29, 1.82) is 0 Å². The van der Waals surface area contributed by atoms with Gasteiger partial charge in [-0.15, -0.1) is 0 Å². The van der Waals surface area contributed by atoms with Crippen molar-refractivity contribution in [1.82, 2.24) is 0 Å². The van der Waals surface area contributed by atoms with Crippen LogP contribution in [-0.2, 0) is 0 Å². The van der Waals surface area contributed by atoms with Crippen LogP contribution >= 0.6 is 15.8 Å². The van der Waals surface area contributed by atoms with Crippen molar-refractivity contribution in [2.24, 2.45) is 0 Å². The molecule has 4 heteroatoms. The molecule has 216 valence electrons. The van der Waals surface area contributed by atoms with Gasteiger partial charge in [0.1, 0.15) is 23.7 Å². The largest absolute Gasteiger partial charge is 0.486 e. The zero-order valence-electron chi connectivity index (χ0n) is 24.9. The van der Waals surface area contributed by atoms with Gasteiger partial charge in [0.2, 0.25) is 0 Å². The lowest BCUT2D eigenvalue weighted by Crippen LogP contribution is -2.35. The molecule has 44 heavy (non-hydrogen) atoms. The van der Waals surface area contributed by atoms with E-state index >= 15 is 0 Å². The van der Waals surface area contributed by atoms with Gasteiger partial charge < -0.3 is 9.47 Å². The van der Waals surface area contributed by atoms with E-state index in [0.29, 0.717) is 0 Å². The first-order valence-electron chi connectivity index (χ1n) is 15.1. The number of hydrogen-bond donors (Lipinski definition) is 0. The Hall–Kier alpha value is -4.22. The molecule has 1 aliphatic rings. The van der Waals surface area contributed by atoms with Gasteiger partial charge in [-0.1, -0.05) is 146 Å². The molecule has 1 aliphatic heterocycles. The lowest BCUT2D eigenvalue weighted by Gasteiger charge is -2.33. The number of hydrogen-bond acceptors (Lipinski definition) is 2. The minimum Gasteiger partial charge on any atom is -0.486 e. The highest BCUT2D eigenvalue weighted by Crippen LogP contribution is 2.48. The maximum Gasteiger partial charge on any atom is 0.132 e. The first kappa shape index (κ1) is 28.5. The summed E-state index contributed by atoms with van der Waals surface area (Å²) in [7, 11) is -1.80. The molecule has 0 amide bonds. The first-order valence-corrected chi connectivity index (χ1v) is 17.8. The van der Waals surface area contributed by atoms with Gasteiger partial charge in [0, 0.05) is 11.1 Å². The average Bonchev–Trinajstić information content (AvgIpc) is 3.07. The molecule has 6 aromatic rings. The zero-order chi connectivity index (χ0) is 29.9. The second-order valence-electron chi connectivity index (χ2n) is 11.0. The Morgan fingerprint density at radius 3 is 0.955 bits per heavy atom. The van der Waals surface area contributed by atoms with Crippen molar-refractivity contribution in [3.63, 3.8) is 0 Å². The molecule has 0 spiro atoms. The molecule has 0 aromatic heterocycles. The van der Waals surface area contributed by atoms with Crippen LogP contribution in [0.15, 0.2) is 158 Å². The molecule has 0 saturated heterocycles. The van der Waals surface area contributed by atoms with Gasteiger partial charge in [0.25, 0.3) is 0 Å². The van der Waals surface area contributed by atoms with Gasteiger partial charge >= 0.3 is 0 Å². The van der Waals surface area contributed by atoms with E-state index < -0.39 is 15.8 Å². The number of ether oxygens (including phenoxy) is 2. The quantitative estimate of drug-likeness (QED) is 0.183. The average molecular weight is 609 g/mol. The van der Waals surface area contributed by atoms with Gasteiger partial charge in [0.15, 0.2) is 0 Å². The van der Waals surface area contributed by atoms with E-state index in [4.69, 9.17) is 9.47 Å². The maximum absolute atomic E-state index is 6.81. The van der Waals surface area contributed by atoms with E-state index in [1.54, 1.807) is 0 Å². The Labute approximate surface area is 262 Å². The number of rotatable bonds is 6. The van der Waals surface area contributed by atoms with E-state index in [9.17, 15) is 0 Å². The van der Waals surface area contributed by atoms with Crippen LogP contribution in [0.2, 0.25) is 0 Å². The van der Waals surface area contributed by atoms with Crippen molar-refractivity contribution < 1.29 is 9.47 Å². The fourth-order valence-corrected chi connectivity index (χ4v) is 10.8. The molecule has 0 saturated carbocycles. The Morgan fingerprint density at radius 2 is 0.659 bits per heavy atom. The van der Waals surface area contributed by atoms with Crippen LogP contribution in [0.4, 0.5) is 0 Å². The van der Waals surface area contributed by atoms with Crippen molar-refractivity contribution in [3.8, 4) is 22.6 Å². The highest BCUT2D eigenvalue weighted by molar-refractivity contribution is 7.80. The van der Waals surface area contributed by atoms with Crippen LogP contribution in [0.1, 0.15) is 13.8 Å². The van der Waals surface area contributed by atoms with Crippen LogP contribution in [0.5, 0.6) is 11.5 Å². The van der Waals surface area contributed by atoms with E-state index in [1.807, 2.05) is 0 Å². The zero-order valence-corrected chi connectivity index (χ0v) is 26.7. The summed E-state index contributed by atoms with van der Waals surface area (Å²) in [4.78, 5) is 0. The third-order valence-electron chi connectivity index (χ3n) is 8.08. The van der Waals surface area contributed by atoms with Crippen molar-refractivity contribution >= 4 is 47.7 Å². The number of benzene rings is 6. The summed E-state index contributed by atoms with van der Waals surface area (Å²) in [6.07, 6.45) is -0.240. The van der Waals surface area contributed by atoms with Gasteiger partial charge in [-0.25, -0.2) is 0 Å². The summed E-state index contributed by atoms with van der Waals surface area (Å²) in [5.74, 6) is 1.82. The lowest BCUT2D eigenvalue weighted by atomic mass is 10.0.